The highest BCUT2D eigenvalue weighted by molar-refractivity contribution is 7.18. The van der Waals surface area contributed by atoms with Crippen molar-refractivity contribution in [3.63, 3.8) is 0 Å². The van der Waals surface area contributed by atoms with Gasteiger partial charge in [0.05, 0.1) is 5.39 Å². The molecule has 0 unspecified atom stereocenters. The Bertz CT molecular complexity index is 1000. The van der Waals surface area contributed by atoms with E-state index in [1.54, 1.807) is 17.7 Å². The zero-order chi connectivity index (χ0) is 20.4. The average molecular weight is 410 g/mol. The molecule has 0 aliphatic carbocycles. The number of hydrogen-bond donors (Lipinski definition) is 2. The molecule has 7 heteroatoms. The van der Waals surface area contributed by atoms with E-state index in [1.165, 1.54) is 16.0 Å². The number of rotatable bonds is 6. The zero-order valence-electron chi connectivity index (χ0n) is 17.1. The number of amides is 1. The highest BCUT2D eigenvalue weighted by Gasteiger charge is 2.26. The summed E-state index contributed by atoms with van der Waals surface area (Å²) in [6.07, 6.45) is 2.54. The fourth-order valence-corrected chi connectivity index (χ4v) is 4.82. The molecule has 3 aromatic rings. The molecule has 1 aliphatic rings. The van der Waals surface area contributed by atoms with Crippen molar-refractivity contribution in [2.24, 2.45) is 0 Å². The van der Waals surface area contributed by atoms with Gasteiger partial charge in [-0.3, -0.25) is 9.69 Å². The summed E-state index contributed by atoms with van der Waals surface area (Å²) in [6.45, 7) is 8.86. The first-order valence-electron chi connectivity index (χ1n) is 10.0. The van der Waals surface area contributed by atoms with Gasteiger partial charge in [0, 0.05) is 30.6 Å². The summed E-state index contributed by atoms with van der Waals surface area (Å²) < 4.78 is 0. The Labute approximate surface area is 175 Å². The van der Waals surface area contributed by atoms with Crippen molar-refractivity contribution in [2.75, 3.05) is 18.4 Å². The van der Waals surface area contributed by atoms with Crippen LogP contribution in [0.4, 0.5) is 5.82 Å². The largest absolute Gasteiger partial charge is 0.358 e. The van der Waals surface area contributed by atoms with Gasteiger partial charge in [0.2, 0.25) is 5.91 Å². The predicted molar refractivity (Wildman–Crippen MR) is 118 cm³/mol. The second-order valence-electron chi connectivity index (χ2n) is 7.77. The smallest absolute Gasteiger partial charge is 0.242 e. The average Bonchev–Trinajstić information content (AvgIpc) is 3.27. The van der Waals surface area contributed by atoms with Crippen molar-refractivity contribution in [1.82, 2.24) is 20.2 Å². The van der Waals surface area contributed by atoms with Gasteiger partial charge in [-0.2, -0.15) is 0 Å². The van der Waals surface area contributed by atoms with Crippen molar-refractivity contribution >= 4 is 33.3 Å². The summed E-state index contributed by atoms with van der Waals surface area (Å²) in [4.78, 5) is 26.1. The lowest BCUT2D eigenvalue weighted by Gasteiger charge is -2.20. The van der Waals surface area contributed by atoms with E-state index in [-0.39, 0.29) is 18.0 Å². The van der Waals surface area contributed by atoms with Gasteiger partial charge in [-0.05, 0) is 38.3 Å². The lowest BCUT2D eigenvalue weighted by molar-refractivity contribution is -0.122. The molecule has 0 saturated carbocycles. The van der Waals surface area contributed by atoms with E-state index in [0.29, 0.717) is 0 Å². The lowest BCUT2D eigenvalue weighted by Crippen LogP contribution is -2.44. The quantitative estimate of drug-likeness (QED) is 0.652. The Morgan fingerprint density at radius 2 is 2.07 bits per heavy atom. The van der Waals surface area contributed by atoms with Crippen LogP contribution >= 0.6 is 11.3 Å². The van der Waals surface area contributed by atoms with Gasteiger partial charge in [0.25, 0.3) is 0 Å². The standard InChI is InChI=1S/C22H27N5OS/c1-14-16(3)29-22-19(14)20(23-13-24-22)25-15(2)21(28)26-18-9-10-27(12-18)11-17-7-5-4-6-8-17/h4-8,13,15,18H,9-12H2,1-3H3,(H,26,28)(H,23,24,25)/t15-,18+/m0/s1. The molecule has 1 amide bonds. The Hall–Kier alpha value is -2.51. The Balaban J connectivity index is 1.35. The molecular weight excluding hydrogens is 382 g/mol. The van der Waals surface area contributed by atoms with E-state index >= 15 is 0 Å². The molecule has 1 aromatic carbocycles. The molecule has 0 bridgehead atoms. The molecule has 2 aromatic heterocycles. The first kappa shape index (κ1) is 19.8. The lowest BCUT2D eigenvalue weighted by atomic mass is 10.2. The maximum absolute atomic E-state index is 12.8. The van der Waals surface area contributed by atoms with Crippen molar-refractivity contribution in [3.05, 3.63) is 52.7 Å². The van der Waals surface area contributed by atoms with Crippen molar-refractivity contribution < 1.29 is 4.79 Å². The van der Waals surface area contributed by atoms with E-state index in [1.807, 2.05) is 13.0 Å². The molecule has 6 nitrogen and oxygen atoms in total. The third-order valence-electron chi connectivity index (χ3n) is 5.58. The molecule has 29 heavy (non-hydrogen) atoms. The van der Waals surface area contributed by atoms with E-state index in [4.69, 9.17) is 0 Å². The van der Waals surface area contributed by atoms with Crippen LogP contribution in [0.25, 0.3) is 10.2 Å². The van der Waals surface area contributed by atoms with Gasteiger partial charge in [-0.1, -0.05) is 30.3 Å². The van der Waals surface area contributed by atoms with Gasteiger partial charge >= 0.3 is 0 Å². The number of nitrogens with one attached hydrogen (secondary N) is 2. The van der Waals surface area contributed by atoms with Crippen LogP contribution in [0.5, 0.6) is 0 Å². The molecule has 152 valence electrons. The monoisotopic (exact) mass is 409 g/mol. The second-order valence-corrected chi connectivity index (χ2v) is 8.97. The molecule has 2 atom stereocenters. The minimum Gasteiger partial charge on any atom is -0.358 e. The zero-order valence-corrected chi connectivity index (χ0v) is 17.9. The Morgan fingerprint density at radius 1 is 1.28 bits per heavy atom. The normalized spacial score (nSPS) is 18.1. The van der Waals surface area contributed by atoms with Crippen LogP contribution in [0.1, 0.15) is 29.3 Å². The van der Waals surface area contributed by atoms with E-state index in [0.717, 1.165) is 42.1 Å². The number of anilines is 1. The number of carbonyl (C=O) groups excluding carboxylic acids is 1. The molecule has 4 rings (SSSR count). The van der Waals surface area contributed by atoms with Crippen LogP contribution in [0.3, 0.4) is 0 Å². The minimum atomic E-state index is -0.365. The summed E-state index contributed by atoms with van der Waals surface area (Å²) in [5.41, 5.74) is 2.48. The van der Waals surface area contributed by atoms with Crippen LogP contribution in [-0.2, 0) is 11.3 Å². The number of aryl methyl sites for hydroxylation is 2. The van der Waals surface area contributed by atoms with E-state index < -0.39 is 0 Å². The van der Waals surface area contributed by atoms with Gasteiger partial charge < -0.3 is 10.6 Å². The van der Waals surface area contributed by atoms with E-state index in [9.17, 15) is 4.79 Å². The molecule has 2 N–H and O–H groups in total. The minimum absolute atomic E-state index is 0.00734. The Morgan fingerprint density at radius 3 is 2.86 bits per heavy atom. The summed E-state index contributed by atoms with van der Waals surface area (Å²) >= 11 is 1.66. The SMILES string of the molecule is Cc1sc2ncnc(N[C@@H](C)C(=O)N[C@@H]3CCN(Cc4ccccc4)C3)c2c1C. The van der Waals surface area contributed by atoms with Crippen LogP contribution in [0.15, 0.2) is 36.7 Å². The Kier molecular flexibility index (Phi) is 5.78. The highest BCUT2D eigenvalue weighted by Crippen LogP contribution is 2.32. The van der Waals surface area contributed by atoms with Crippen molar-refractivity contribution in [2.45, 2.75) is 45.8 Å². The number of aromatic nitrogens is 2. The van der Waals surface area contributed by atoms with Gasteiger partial charge in [-0.15, -0.1) is 11.3 Å². The van der Waals surface area contributed by atoms with Crippen LogP contribution in [0.2, 0.25) is 0 Å². The van der Waals surface area contributed by atoms with Crippen LogP contribution in [-0.4, -0.2) is 45.9 Å². The fourth-order valence-electron chi connectivity index (χ4n) is 3.82. The molecule has 0 radical (unpaired) electrons. The van der Waals surface area contributed by atoms with Gasteiger partial charge in [0.1, 0.15) is 23.0 Å². The summed E-state index contributed by atoms with van der Waals surface area (Å²) in [7, 11) is 0. The summed E-state index contributed by atoms with van der Waals surface area (Å²) in [6, 6.07) is 10.3. The van der Waals surface area contributed by atoms with Gasteiger partial charge in [0.15, 0.2) is 0 Å². The maximum Gasteiger partial charge on any atom is 0.242 e. The highest BCUT2D eigenvalue weighted by atomic mass is 32.1. The maximum atomic E-state index is 12.8. The molecule has 1 saturated heterocycles. The van der Waals surface area contributed by atoms with E-state index in [2.05, 4.69) is 63.6 Å². The number of benzene rings is 1. The first-order valence-corrected chi connectivity index (χ1v) is 10.9. The van der Waals surface area contributed by atoms with Crippen LogP contribution in [0, 0.1) is 13.8 Å². The molecular formula is C22H27N5OS. The number of fused-ring (bicyclic) bond motifs is 1. The summed E-state index contributed by atoms with van der Waals surface area (Å²) in [5.74, 6) is 0.740. The third kappa shape index (κ3) is 4.41. The fraction of sp³-hybridized carbons (Fsp3) is 0.409. The molecule has 0 spiro atoms. The number of likely N-dealkylation sites (tertiary alicyclic amines) is 1. The van der Waals surface area contributed by atoms with Crippen molar-refractivity contribution in [1.29, 1.82) is 0 Å². The molecule has 3 heterocycles. The topological polar surface area (TPSA) is 70.1 Å². The number of thiophene rings is 1. The summed E-state index contributed by atoms with van der Waals surface area (Å²) in [5, 5.41) is 7.51. The number of nitrogens with zero attached hydrogens (tertiary/aromatic N) is 3. The molecule has 1 aliphatic heterocycles. The van der Waals surface area contributed by atoms with Crippen LogP contribution < -0.4 is 10.6 Å². The molecule has 1 fully saturated rings. The number of hydrogen-bond acceptors (Lipinski definition) is 6. The number of carbonyl (C=O) groups is 1. The van der Waals surface area contributed by atoms with Gasteiger partial charge in [-0.25, -0.2) is 9.97 Å². The van der Waals surface area contributed by atoms with Crippen molar-refractivity contribution in [3.8, 4) is 0 Å². The predicted octanol–water partition coefficient (Wildman–Crippen LogP) is 3.50. The third-order valence-corrected chi connectivity index (χ3v) is 6.69. The first-order chi connectivity index (χ1) is 14.0. The second kappa shape index (κ2) is 8.47.